The van der Waals surface area contributed by atoms with Gasteiger partial charge in [0.2, 0.25) is 5.52 Å². The zero-order valence-corrected chi connectivity index (χ0v) is 20.2. The van der Waals surface area contributed by atoms with E-state index in [9.17, 15) is 0 Å². The minimum atomic E-state index is 0. The highest BCUT2D eigenvalue weighted by molar-refractivity contribution is 6.18. The van der Waals surface area contributed by atoms with Crippen molar-refractivity contribution in [3.05, 3.63) is 109 Å². The van der Waals surface area contributed by atoms with Gasteiger partial charge in [0, 0.05) is 27.9 Å². The monoisotopic (exact) mass is 502 g/mol. The van der Waals surface area contributed by atoms with Crippen LogP contribution in [0, 0.1) is 0 Å². The summed E-state index contributed by atoms with van der Waals surface area (Å²) in [5.74, 6) is 0. The quantitative estimate of drug-likeness (QED) is 0.281. The number of para-hydroxylation sites is 1. The van der Waals surface area contributed by atoms with Crippen LogP contribution in [0.5, 0.6) is 0 Å². The van der Waals surface area contributed by atoms with Crippen LogP contribution in [0.15, 0.2) is 109 Å². The molecule has 164 valence electrons. The predicted molar refractivity (Wildman–Crippen MR) is 139 cm³/mol. The van der Waals surface area contributed by atoms with E-state index in [-0.39, 0.29) is 17.0 Å². The molecule has 2 nitrogen and oxygen atoms in total. The lowest BCUT2D eigenvalue weighted by molar-refractivity contribution is -0.666. The Morgan fingerprint density at radius 3 is 2.06 bits per heavy atom. The molecule has 0 bridgehead atoms. The molecular formula is C31H23BrN2. The van der Waals surface area contributed by atoms with E-state index >= 15 is 0 Å². The molecule has 0 radical (unpaired) electrons. The Morgan fingerprint density at radius 2 is 1.21 bits per heavy atom. The Labute approximate surface area is 209 Å². The van der Waals surface area contributed by atoms with Crippen molar-refractivity contribution in [2.45, 2.75) is 6.54 Å². The molecule has 34 heavy (non-hydrogen) atoms. The van der Waals surface area contributed by atoms with E-state index in [1.807, 2.05) is 0 Å². The molecule has 0 saturated carbocycles. The van der Waals surface area contributed by atoms with E-state index in [0.29, 0.717) is 0 Å². The van der Waals surface area contributed by atoms with Gasteiger partial charge >= 0.3 is 0 Å². The molecule has 0 fully saturated rings. The van der Waals surface area contributed by atoms with Gasteiger partial charge in [0.05, 0.1) is 11.9 Å². The fourth-order valence-corrected chi connectivity index (χ4v) is 5.50. The third kappa shape index (κ3) is 3.12. The maximum atomic E-state index is 3.74. The Morgan fingerprint density at radius 1 is 0.559 bits per heavy atom. The summed E-state index contributed by atoms with van der Waals surface area (Å²) in [5.41, 5.74) is 7.85. The SMILES string of the molecule is [Br-].c1ccc2c(c1)-c1cccc3c(NCC[n+]4cc5ccccc5c5ccccc54)ccc-2c13. The average molecular weight is 503 g/mol. The number of nitrogens with zero attached hydrogens (tertiary/aromatic N) is 1. The molecule has 0 amide bonds. The van der Waals surface area contributed by atoms with Gasteiger partial charge in [0.25, 0.3) is 0 Å². The standard InChI is InChI=1S/C31H23N2.BrH/c1-2-9-22-21(8-1)20-33(30-15-6-5-12-25(22)30)19-18-32-29-17-16-27-24-11-4-3-10-23(24)26-13-7-14-28(29)31(26)27;/h1-17,20,32H,18-19H2;1H/q+1;/p-1. The number of hydrogen-bond donors (Lipinski definition) is 1. The van der Waals surface area contributed by atoms with Crippen molar-refractivity contribution in [3.8, 4) is 22.3 Å². The van der Waals surface area contributed by atoms with E-state index in [4.69, 9.17) is 0 Å². The lowest BCUT2D eigenvalue weighted by Gasteiger charge is -2.11. The van der Waals surface area contributed by atoms with E-state index in [0.717, 1.165) is 13.1 Å². The smallest absolute Gasteiger partial charge is 0.213 e. The second-order valence-electron chi connectivity index (χ2n) is 8.79. The third-order valence-electron chi connectivity index (χ3n) is 6.98. The molecule has 0 unspecified atom stereocenters. The zero-order valence-electron chi connectivity index (χ0n) is 18.6. The van der Waals surface area contributed by atoms with E-state index in [2.05, 4.69) is 119 Å². The van der Waals surface area contributed by atoms with Crippen LogP contribution in [0.1, 0.15) is 0 Å². The van der Waals surface area contributed by atoms with Crippen LogP contribution in [0.25, 0.3) is 54.7 Å². The molecule has 1 heterocycles. The molecule has 5 aromatic carbocycles. The lowest BCUT2D eigenvalue weighted by Crippen LogP contribution is -3.00. The normalized spacial score (nSPS) is 11.5. The first-order chi connectivity index (χ1) is 16.4. The van der Waals surface area contributed by atoms with Crippen LogP contribution in [0.4, 0.5) is 5.69 Å². The Bertz CT molecular complexity index is 1670. The second kappa shape index (κ2) is 8.27. The molecule has 3 heteroatoms. The van der Waals surface area contributed by atoms with Crippen LogP contribution in [-0.2, 0) is 6.54 Å². The summed E-state index contributed by atoms with van der Waals surface area (Å²) < 4.78 is 2.38. The van der Waals surface area contributed by atoms with Crippen LogP contribution in [-0.4, -0.2) is 6.54 Å². The highest BCUT2D eigenvalue weighted by atomic mass is 79.9. The van der Waals surface area contributed by atoms with Crippen LogP contribution < -0.4 is 26.9 Å². The van der Waals surface area contributed by atoms with Crippen molar-refractivity contribution in [3.63, 3.8) is 0 Å². The number of hydrogen-bond acceptors (Lipinski definition) is 1. The van der Waals surface area contributed by atoms with E-state index in [1.165, 1.54) is 60.4 Å². The first-order valence-electron chi connectivity index (χ1n) is 11.6. The molecule has 1 aliphatic rings. The average Bonchev–Trinajstić information content (AvgIpc) is 3.21. The van der Waals surface area contributed by atoms with Gasteiger partial charge < -0.3 is 22.3 Å². The second-order valence-corrected chi connectivity index (χ2v) is 8.79. The first-order valence-corrected chi connectivity index (χ1v) is 11.6. The summed E-state index contributed by atoms with van der Waals surface area (Å²) in [7, 11) is 0. The largest absolute Gasteiger partial charge is 1.00 e. The minimum Gasteiger partial charge on any atom is -1.00 e. The molecule has 1 N–H and O–H groups in total. The molecule has 0 spiro atoms. The van der Waals surface area contributed by atoms with Gasteiger partial charge in [-0.05, 0) is 45.8 Å². The third-order valence-corrected chi connectivity index (χ3v) is 6.98. The number of pyridine rings is 1. The van der Waals surface area contributed by atoms with Gasteiger partial charge in [-0.15, -0.1) is 0 Å². The van der Waals surface area contributed by atoms with Crippen molar-refractivity contribution in [1.29, 1.82) is 0 Å². The van der Waals surface area contributed by atoms with Gasteiger partial charge in [-0.1, -0.05) is 78.9 Å². The minimum absolute atomic E-state index is 0. The molecular weight excluding hydrogens is 480 g/mol. The highest BCUT2D eigenvalue weighted by Crippen LogP contribution is 2.48. The van der Waals surface area contributed by atoms with E-state index < -0.39 is 0 Å². The summed E-state index contributed by atoms with van der Waals surface area (Å²) in [6.07, 6.45) is 2.28. The van der Waals surface area contributed by atoms with E-state index in [1.54, 1.807) is 0 Å². The molecule has 1 aromatic heterocycles. The molecule has 6 aromatic rings. The van der Waals surface area contributed by atoms with Gasteiger partial charge in [0.1, 0.15) is 0 Å². The molecule has 7 rings (SSSR count). The molecule has 0 aliphatic heterocycles. The predicted octanol–water partition coefficient (Wildman–Crippen LogP) is 4.20. The zero-order chi connectivity index (χ0) is 21.8. The van der Waals surface area contributed by atoms with Crippen LogP contribution in [0.2, 0.25) is 0 Å². The van der Waals surface area contributed by atoms with Crippen molar-refractivity contribution in [1.82, 2.24) is 0 Å². The first kappa shape index (κ1) is 20.9. The summed E-state index contributed by atoms with van der Waals surface area (Å²) >= 11 is 0. The van der Waals surface area contributed by atoms with Gasteiger partial charge in [-0.25, -0.2) is 0 Å². The Hall–Kier alpha value is -3.69. The number of nitrogens with one attached hydrogen (secondary N) is 1. The lowest BCUT2D eigenvalue weighted by atomic mass is 10.0. The van der Waals surface area contributed by atoms with Gasteiger partial charge in [-0.2, -0.15) is 4.57 Å². The fraction of sp³-hybridized carbons (Fsp3) is 0.0645. The van der Waals surface area contributed by atoms with Crippen molar-refractivity contribution in [2.75, 3.05) is 11.9 Å². The summed E-state index contributed by atoms with van der Waals surface area (Å²) in [4.78, 5) is 0. The summed E-state index contributed by atoms with van der Waals surface area (Å²) in [6, 6.07) is 37.3. The molecule has 1 aliphatic carbocycles. The topological polar surface area (TPSA) is 15.9 Å². The Kier molecular flexibility index (Phi) is 5.08. The number of aromatic nitrogens is 1. The van der Waals surface area contributed by atoms with Gasteiger partial charge in [0.15, 0.2) is 12.7 Å². The number of anilines is 1. The molecule has 0 saturated heterocycles. The number of benzene rings is 5. The van der Waals surface area contributed by atoms with Crippen molar-refractivity contribution in [2.24, 2.45) is 0 Å². The summed E-state index contributed by atoms with van der Waals surface area (Å²) in [6.45, 7) is 1.76. The summed E-state index contributed by atoms with van der Waals surface area (Å²) in [5, 5.41) is 10.3. The number of halogens is 1. The van der Waals surface area contributed by atoms with Crippen molar-refractivity contribution < 1.29 is 21.5 Å². The van der Waals surface area contributed by atoms with Gasteiger partial charge in [-0.3, -0.25) is 0 Å². The Balaban J connectivity index is 0.00000217. The fourth-order valence-electron chi connectivity index (χ4n) is 5.50. The highest BCUT2D eigenvalue weighted by Gasteiger charge is 2.21. The maximum Gasteiger partial charge on any atom is 0.213 e. The number of fused-ring (bicyclic) bond motifs is 6. The van der Waals surface area contributed by atoms with Crippen LogP contribution in [0.3, 0.4) is 0 Å². The number of rotatable bonds is 4. The van der Waals surface area contributed by atoms with Crippen molar-refractivity contribution >= 4 is 38.1 Å². The molecule has 0 atom stereocenters. The van der Waals surface area contributed by atoms with Crippen LogP contribution >= 0.6 is 0 Å². The maximum absolute atomic E-state index is 3.74.